The fraction of sp³-hybridized carbons (Fsp3) is 0.409. The number of carbonyl (C=O) groups is 1. The molecule has 2 aromatic rings. The Labute approximate surface area is 160 Å². The van der Waals surface area contributed by atoms with Gasteiger partial charge in [-0.15, -0.1) is 0 Å². The van der Waals surface area contributed by atoms with E-state index < -0.39 is 0 Å². The van der Waals surface area contributed by atoms with Gasteiger partial charge in [-0.1, -0.05) is 42.5 Å². The molecule has 1 aromatic heterocycles. The number of allylic oxidation sites excluding steroid dienone is 1. The molecule has 0 spiro atoms. The zero-order valence-corrected chi connectivity index (χ0v) is 16.1. The first-order valence-electron chi connectivity index (χ1n) is 9.67. The number of piperazine rings is 1. The molecule has 1 unspecified atom stereocenters. The Morgan fingerprint density at radius 1 is 1.04 bits per heavy atom. The van der Waals surface area contributed by atoms with Crippen molar-refractivity contribution >= 4 is 17.8 Å². The number of ketones is 1. The number of carbonyl (C=O) groups excluding carboxylic acids is 1. The van der Waals surface area contributed by atoms with Gasteiger partial charge in [-0.05, 0) is 31.9 Å². The minimum Gasteiger partial charge on any atom is -0.338 e. The Hall–Kier alpha value is -2.53. The molecule has 1 saturated heterocycles. The van der Waals surface area contributed by atoms with E-state index in [1.807, 2.05) is 25.1 Å². The van der Waals surface area contributed by atoms with Gasteiger partial charge in [0.15, 0.2) is 5.78 Å². The van der Waals surface area contributed by atoms with Crippen LogP contribution in [0.15, 0.2) is 36.4 Å². The molecule has 1 aromatic carbocycles. The van der Waals surface area contributed by atoms with Gasteiger partial charge in [0.05, 0.1) is 17.0 Å². The molecule has 2 heterocycles. The Bertz CT molecular complexity index is 854. The number of rotatable bonds is 3. The number of likely N-dealkylation sites (N-methyl/N-ethyl adjacent to an activating group) is 1. The van der Waals surface area contributed by atoms with Crippen LogP contribution in [0.3, 0.4) is 0 Å². The molecule has 0 radical (unpaired) electrons. The monoisotopic (exact) mass is 362 g/mol. The highest BCUT2D eigenvalue weighted by atomic mass is 16.1. The molecule has 0 bridgehead atoms. The van der Waals surface area contributed by atoms with Gasteiger partial charge in [-0.3, -0.25) is 4.79 Å². The van der Waals surface area contributed by atoms with Crippen molar-refractivity contribution < 1.29 is 4.79 Å². The predicted molar refractivity (Wildman–Crippen MR) is 108 cm³/mol. The third kappa shape index (κ3) is 3.93. The van der Waals surface area contributed by atoms with E-state index in [-0.39, 0.29) is 11.7 Å². The van der Waals surface area contributed by atoms with Crippen LogP contribution in [-0.2, 0) is 6.42 Å². The Kier molecular flexibility index (Phi) is 5.03. The van der Waals surface area contributed by atoms with Crippen LogP contribution >= 0.6 is 0 Å². The summed E-state index contributed by atoms with van der Waals surface area (Å²) in [5.74, 6) is 1.14. The number of hydrogen-bond acceptors (Lipinski definition) is 5. The SMILES string of the molecule is Cc1nc(N2CCN(C)CC2)nc2c1C(=O)CC(C=Cc1ccccc1)C2. The van der Waals surface area contributed by atoms with Crippen molar-refractivity contribution in [3.05, 3.63) is 58.9 Å². The molecule has 0 N–H and O–H groups in total. The molecule has 4 rings (SSSR count). The maximum atomic E-state index is 12.7. The van der Waals surface area contributed by atoms with Crippen LogP contribution in [0, 0.1) is 12.8 Å². The van der Waals surface area contributed by atoms with Crippen molar-refractivity contribution in [3.63, 3.8) is 0 Å². The third-order valence-corrected chi connectivity index (χ3v) is 5.48. The third-order valence-electron chi connectivity index (χ3n) is 5.48. The molecule has 5 nitrogen and oxygen atoms in total. The van der Waals surface area contributed by atoms with Crippen molar-refractivity contribution in [3.8, 4) is 0 Å². The van der Waals surface area contributed by atoms with Crippen LogP contribution < -0.4 is 4.90 Å². The summed E-state index contributed by atoms with van der Waals surface area (Å²) in [6.07, 6.45) is 5.60. The first kappa shape index (κ1) is 17.9. The first-order chi connectivity index (χ1) is 13.1. The summed E-state index contributed by atoms with van der Waals surface area (Å²) in [6, 6.07) is 10.2. The number of aromatic nitrogens is 2. The van der Waals surface area contributed by atoms with Crippen molar-refractivity contribution in [2.24, 2.45) is 5.92 Å². The second kappa shape index (κ2) is 7.61. The lowest BCUT2D eigenvalue weighted by Gasteiger charge is -2.33. The molecule has 5 heteroatoms. The molecule has 1 aliphatic carbocycles. The Balaban J connectivity index is 1.57. The van der Waals surface area contributed by atoms with Crippen LogP contribution in [0.1, 0.15) is 33.7 Å². The molecule has 0 amide bonds. The van der Waals surface area contributed by atoms with E-state index in [2.05, 4.69) is 46.1 Å². The smallest absolute Gasteiger partial charge is 0.225 e. The lowest BCUT2D eigenvalue weighted by Crippen LogP contribution is -2.45. The Morgan fingerprint density at radius 2 is 1.78 bits per heavy atom. The van der Waals surface area contributed by atoms with Gasteiger partial charge < -0.3 is 9.80 Å². The number of Topliss-reactive ketones (excluding diaryl/α,β-unsaturated/α-hetero) is 1. The van der Waals surface area contributed by atoms with E-state index in [1.165, 1.54) is 0 Å². The first-order valence-corrected chi connectivity index (χ1v) is 9.67. The van der Waals surface area contributed by atoms with Crippen molar-refractivity contribution in [1.82, 2.24) is 14.9 Å². The van der Waals surface area contributed by atoms with Gasteiger partial charge in [0.25, 0.3) is 0 Å². The lowest BCUT2D eigenvalue weighted by atomic mass is 9.85. The zero-order valence-electron chi connectivity index (χ0n) is 16.1. The van der Waals surface area contributed by atoms with E-state index in [1.54, 1.807) is 0 Å². The van der Waals surface area contributed by atoms with Crippen LogP contribution in [0.2, 0.25) is 0 Å². The van der Waals surface area contributed by atoms with Crippen LogP contribution in [-0.4, -0.2) is 53.9 Å². The van der Waals surface area contributed by atoms with E-state index in [0.29, 0.717) is 6.42 Å². The minimum absolute atomic E-state index is 0.168. The van der Waals surface area contributed by atoms with Crippen molar-refractivity contribution in [1.29, 1.82) is 0 Å². The second-order valence-corrected chi connectivity index (χ2v) is 7.58. The topological polar surface area (TPSA) is 49.3 Å². The number of anilines is 1. The number of benzene rings is 1. The normalized spacial score (nSPS) is 20.9. The van der Waals surface area contributed by atoms with Gasteiger partial charge in [0.2, 0.25) is 5.95 Å². The molecule has 140 valence electrons. The number of aryl methyl sites for hydroxylation is 1. The average Bonchev–Trinajstić information content (AvgIpc) is 2.67. The second-order valence-electron chi connectivity index (χ2n) is 7.58. The summed E-state index contributed by atoms with van der Waals surface area (Å²) < 4.78 is 0. The standard InChI is InChI=1S/C22H26N4O/c1-16-21-19(24-22(23-16)26-12-10-25(2)11-13-26)14-18(15-20(21)27)9-8-17-6-4-3-5-7-17/h3-9,18H,10-15H2,1-2H3. The van der Waals surface area contributed by atoms with E-state index in [4.69, 9.17) is 4.98 Å². The number of hydrogen-bond donors (Lipinski definition) is 0. The maximum Gasteiger partial charge on any atom is 0.225 e. The molecule has 2 aliphatic rings. The minimum atomic E-state index is 0.168. The molecule has 27 heavy (non-hydrogen) atoms. The summed E-state index contributed by atoms with van der Waals surface area (Å²) in [5, 5.41) is 0. The lowest BCUT2D eigenvalue weighted by molar-refractivity contribution is 0.0956. The van der Waals surface area contributed by atoms with Gasteiger partial charge in [-0.25, -0.2) is 9.97 Å². The summed E-state index contributed by atoms with van der Waals surface area (Å²) in [4.78, 5) is 26.8. The molecular formula is C22H26N4O. The van der Waals surface area contributed by atoms with Gasteiger partial charge in [0.1, 0.15) is 0 Å². The van der Waals surface area contributed by atoms with Crippen LogP contribution in [0.5, 0.6) is 0 Å². The highest BCUT2D eigenvalue weighted by Gasteiger charge is 2.29. The molecule has 0 saturated carbocycles. The summed E-state index contributed by atoms with van der Waals surface area (Å²) in [6.45, 7) is 5.83. The zero-order chi connectivity index (χ0) is 18.8. The van der Waals surface area contributed by atoms with Gasteiger partial charge >= 0.3 is 0 Å². The maximum absolute atomic E-state index is 12.7. The van der Waals surface area contributed by atoms with E-state index in [9.17, 15) is 4.79 Å². The number of nitrogens with zero attached hydrogens (tertiary/aromatic N) is 4. The molecule has 1 aliphatic heterocycles. The largest absolute Gasteiger partial charge is 0.338 e. The quantitative estimate of drug-likeness (QED) is 0.840. The van der Waals surface area contributed by atoms with E-state index >= 15 is 0 Å². The molecule has 1 atom stereocenters. The summed E-state index contributed by atoms with van der Waals surface area (Å²) in [5.41, 5.74) is 3.64. The number of fused-ring (bicyclic) bond motifs is 1. The predicted octanol–water partition coefficient (Wildman–Crippen LogP) is 3.00. The van der Waals surface area contributed by atoms with Crippen molar-refractivity contribution in [2.75, 3.05) is 38.1 Å². The summed E-state index contributed by atoms with van der Waals surface area (Å²) >= 11 is 0. The average molecular weight is 362 g/mol. The van der Waals surface area contributed by atoms with E-state index in [0.717, 1.165) is 61.1 Å². The van der Waals surface area contributed by atoms with Crippen LogP contribution in [0.25, 0.3) is 6.08 Å². The van der Waals surface area contributed by atoms with Gasteiger partial charge in [0, 0.05) is 32.6 Å². The van der Waals surface area contributed by atoms with Crippen molar-refractivity contribution in [2.45, 2.75) is 19.8 Å². The Morgan fingerprint density at radius 3 is 2.52 bits per heavy atom. The van der Waals surface area contributed by atoms with Gasteiger partial charge in [-0.2, -0.15) is 0 Å². The summed E-state index contributed by atoms with van der Waals surface area (Å²) in [7, 11) is 2.14. The fourth-order valence-electron chi connectivity index (χ4n) is 3.88. The molecule has 1 fully saturated rings. The highest BCUT2D eigenvalue weighted by molar-refractivity contribution is 5.99. The fourth-order valence-corrected chi connectivity index (χ4v) is 3.88. The molecular weight excluding hydrogens is 336 g/mol. The van der Waals surface area contributed by atoms with Crippen LogP contribution in [0.4, 0.5) is 5.95 Å². The highest BCUT2D eigenvalue weighted by Crippen LogP contribution is 2.29.